The monoisotopic (exact) mass is 620 g/mol. The Balaban J connectivity index is 2.93. The lowest BCUT2D eigenvalue weighted by Gasteiger charge is -2.33. The quantitative estimate of drug-likeness (QED) is 0.0612. The molecule has 2 aromatic rings. The van der Waals surface area contributed by atoms with Gasteiger partial charge in [-0.1, -0.05) is 0 Å². The standard InChI is InChI=1S/C26H36N8O10/c1-14-4-16-18(5-15(14)2)34(26(17(11-35)31-16)32-33(3)13-36)10-19(42-22(38)7-28)25(44-24(40)9-30)20(43-23(39)8-29)12-41-21(37)6-27/h4-5,11,13,19-20,25H,6-10,12,27-30H2,1-3H3/b32-26+. The molecule has 1 heterocycles. The fraction of sp³-hybridized carbons (Fsp3) is 0.462. The van der Waals surface area contributed by atoms with Crippen molar-refractivity contribution in [2.24, 2.45) is 28.0 Å². The third-order valence-corrected chi connectivity index (χ3v) is 6.13. The second kappa shape index (κ2) is 16.8. The average Bonchev–Trinajstić information content (AvgIpc) is 3.02. The molecule has 8 N–H and O–H groups in total. The number of aromatic nitrogens is 2. The van der Waals surface area contributed by atoms with Gasteiger partial charge in [0.05, 0.1) is 43.8 Å². The fourth-order valence-electron chi connectivity index (χ4n) is 3.91. The maximum Gasteiger partial charge on any atom is 0.320 e. The zero-order valence-electron chi connectivity index (χ0n) is 24.5. The third-order valence-electron chi connectivity index (χ3n) is 6.13. The van der Waals surface area contributed by atoms with Gasteiger partial charge in [0.2, 0.25) is 6.41 Å². The van der Waals surface area contributed by atoms with Crippen molar-refractivity contribution >= 4 is 47.6 Å². The van der Waals surface area contributed by atoms with Gasteiger partial charge in [0, 0.05) is 7.05 Å². The summed E-state index contributed by atoms with van der Waals surface area (Å²) in [6.45, 7) is 0.0808. The number of rotatable bonds is 16. The van der Waals surface area contributed by atoms with Crippen molar-refractivity contribution in [1.82, 2.24) is 14.6 Å². The molecule has 0 saturated carbocycles. The van der Waals surface area contributed by atoms with Crippen molar-refractivity contribution in [3.8, 4) is 0 Å². The van der Waals surface area contributed by atoms with Crippen molar-refractivity contribution in [2.45, 2.75) is 38.7 Å². The first kappa shape index (κ1) is 35.4. The Morgan fingerprint density at radius 2 is 1.43 bits per heavy atom. The number of esters is 4. The Hall–Kier alpha value is -4.78. The number of nitrogens with zero attached hydrogens (tertiary/aromatic N) is 4. The Bertz CT molecular complexity index is 1460. The van der Waals surface area contributed by atoms with Crippen molar-refractivity contribution in [3.05, 3.63) is 34.4 Å². The summed E-state index contributed by atoms with van der Waals surface area (Å²) in [5.74, 6) is -3.88. The summed E-state index contributed by atoms with van der Waals surface area (Å²) in [6, 6.07) is 3.41. The van der Waals surface area contributed by atoms with Gasteiger partial charge in [-0.15, -0.1) is 5.10 Å². The van der Waals surface area contributed by atoms with Crippen LogP contribution in [0.3, 0.4) is 0 Å². The third kappa shape index (κ3) is 9.36. The number of benzene rings is 1. The first-order valence-electron chi connectivity index (χ1n) is 13.2. The van der Waals surface area contributed by atoms with E-state index in [1.54, 1.807) is 12.1 Å². The van der Waals surface area contributed by atoms with E-state index in [0.29, 0.717) is 23.7 Å². The van der Waals surface area contributed by atoms with Gasteiger partial charge in [0.15, 0.2) is 30.1 Å². The van der Waals surface area contributed by atoms with E-state index < -0.39 is 81.5 Å². The summed E-state index contributed by atoms with van der Waals surface area (Å²) < 4.78 is 22.9. The minimum atomic E-state index is -1.69. The van der Waals surface area contributed by atoms with Gasteiger partial charge in [0.1, 0.15) is 12.3 Å². The number of hydrogen-bond acceptors (Lipinski definition) is 16. The molecule has 0 radical (unpaired) electrons. The molecule has 0 aliphatic rings. The molecule has 1 aromatic heterocycles. The second-order valence-electron chi connectivity index (χ2n) is 9.26. The number of aldehydes is 1. The number of nitrogens with two attached hydrogens (primary N) is 4. The highest BCUT2D eigenvalue weighted by molar-refractivity contribution is 5.81. The topological polar surface area (TPSA) is 277 Å². The van der Waals surface area contributed by atoms with E-state index in [1.165, 1.54) is 11.6 Å². The molecular weight excluding hydrogens is 584 g/mol. The molecule has 0 bridgehead atoms. The number of ether oxygens (including phenoxy) is 4. The Morgan fingerprint density at radius 1 is 0.886 bits per heavy atom. The van der Waals surface area contributed by atoms with E-state index in [1.807, 2.05) is 13.8 Å². The van der Waals surface area contributed by atoms with Crippen molar-refractivity contribution in [3.63, 3.8) is 0 Å². The van der Waals surface area contributed by atoms with Gasteiger partial charge in [-0.05, 0) is 37.1 Å². The summed E-state index contributed by atoms with van der Waals surface area (Å²) >= 11 is 0. The van der Waals surface area contributed by atoms with Crippen molar-refractivity contribution < 1.29 is 47.7 Å². The lowest BCUT2D eigenvalue weighted by molar-refractivity contribution is -0.191. The van der Waals surface area contributed by atoms with E-state index in [-0.39, 0.29) is 11.2 Å². The molecule has 1 aromatic carbocycles. The lowest BCUT2D eigenvalue weighted by atomic mass is 10.1. The molecule has 3 unspecified atom stereocenters. The van der Waals surface area contributed by atoms with Crippen LogP contribution in [0.5, 0.6) is 0 Å². The highest BCUT2D eigenvalue weighted by atomic mass is 16.6. The minimum Gasteiger partial charge on any atom is -0.461 e. The van der Waals surface area contributed by atoms with Gasteiger partial charge in [0.25, 0.3) is 0 Å². The van der Waals surface area contributed by atoms with Gasteiger partial charge in [-0.3, -0.25) is 28.8 Å². The molecule has 240 valence electrons. The SMILES string of the molecule is Cc1cc2nc(C=O)/c(=N\N(C)C=O)n(CC(OC(=O)CN)C(OC(=O)CN)C(COC(=O)CN)OC(=O)CN)c2cc1C. The highest BCUT2D eigenvalue weighted by Crippen LogP contribution is 2.21. The van der Waals surface area contributed by atoms with Crippen LogP contribution in [-0.2, 0) is 49.5 Å². The van der Waals surface area contributed by atoms with E-state index in [4.69, 9.17) is 41.9 Å². The molecule has 2 rings (SSSR count). The van der Waals surface area contributed by atoms with Crippen molar-refractivity contribution in [2.75, 3.05) is 39.8 Å². The molecule has 0 fully saturated rings. The van der Waals surface area contributed by atoms with Gasteiger partial charge >= 0.3 is 23.9 Å². The first-order valence-corrected chi connectivity index (χ1v) is 13.2. The van der Waals surface area contributed by atoms with Crippen LogP contribution in [0.15, 0.2) is 17.2 Å². The summed E-state index contributed by atoms with van der Waals surface area (Å²) in [6.07, 6.45) is -4.08. The summed E-state index contributed by atoms with van der Waals surface area (Å²) in [4.78, 5) is 77.2. The number of carbonyl (C=O) groups is 6. The Labute approximate surface area is 251 Å². The molecule has 1 amide bonds. The molecule has 0 aliphatic heterocycles. The Morgan fingerprint density at radius 3 is 1.98 bits per heavy atom. The predicted octanol–water partition coefficient (Wildman–Crippen LogP) is -3.52. The normalized spacial score (nSPS) is 13.4. The second-order valence-corrected chi connectivity index (χ2v) is 9.26. The van der Waals surface area contributed by atoms with Crippen LogP contribution in [-0.4, -0.2) is 109 Å². The molecule has 18 heteroatoms. The molecule has 0 aliphatic carbocycles. The summed E-state index contributed by atoms with van der Waals surface area (Å²) in [5, 5.41) is 5.05. The molecule has 44 heavy (non-hydrogen) atoms. The predicted molar refractivity (Wildman–Crippen MR) is 151 cm³/mol. The van der Waals surface area contributed by atoms with E-state index >= 15 is 0 Å². The fourth-order valence-corrected chi connectivity index (χ4v) is 3.91. The zero-order valence-corrected chi connectivity index (χ0v) is 24.5. The molecule has 0 spiro atoms. The number of carbonyl (C=O) groups excluding carboxylic acids is 6. The molecular formula is C26H36N8O10. The highest BCUT2D eigenvalue weighted by Gasteiger charge is 2.39. The van der Waals surface area contributed by atoms with Gasteiger partial charge in [-0.2, -0.15) is 0 Å². The average molecular weight is 621 g/mol. The van der Waals surface area contributed by atoms with Crippen LogP contribution >= 0.6 is 0 Å². The van der Waals surface area contributed by atoms with Crippen LogP contribution < -0.4 is 28.4 Å². The van der Waals surface area contributed by atoms with Gasteiger partial charge < -0.3 is 46.4 Å². The van der Waals surface area contributed by atoms with Crippen LogP contribution in [0.4, 0.5) is 0 Å². The zero-order chi connectivity index (χ0) is 33.0. The molecule has 18 nitrogen and oxygen atoms in total. The molecule has 3 atom stereocenters. The summed E-state index contributed by atoms with van der Waals surface area (Å²) in [5.41, 5.74) is 23.7. The largest absolute Gasteiger partial charge is 0.461 e. The van der Waals surface area contributed by atoms with E-state index in [0.717, 1.165) is 16.1 Å². The maximum absolute atomic E-state index is 12.6. The first-order chi connectivity index (χ1) is 20.9. The smallest absolute Gasteiger partial charge is 0.320 e. The maximum atomic E-state index is 12.6. The van der Waals surface area contributed by atoms with Crippen LogP contribution in [0.2, 0.25) is 0 Å². The van der Waals surface area contributed by atoms with E-state index in [9.17, 15) is 28.8 Å². The number of fused-ring (bicyclic) bond motifs is 1. The number of aryl methyl sites for hydroxylation is 2. The van der Waals surface area contributed by atoms with Crippen molar-refractivity contribution in [1.29, 1.82) is 0 Å². The van der Waals surface area contributed by atoms with E-state index in [2.05, 4.69) is 10.1 Å². The van der Waals surface area contributed by atoms with Crippen LogP contribution in [0.25, 0.3) is 11.0 Å². The molecule has 0 saturated heterocycles. The number of hydrogen-bond donors (Lipinski definition) is 4. The number of amides is 1. The van der Waals surface area contributed by atoms with Gasteiger partial charge in [-0.25, -0.2) is 9.99 Å². The lowest BCUT2D eigenvalue weighted by Crippen LogP contribution is -2.52. The summed E-state index contributed by atoms with van der Waals surface area (Å²) in [7, 11) is 1.31. The van der Waals surface area contributed by atoms with Crippen LogP contribution in [0.1, 0.15) is 21.6 Å². The van der Waals surface area contributed by atoms with Crippen LogP contribution in [0, 0.1) is 13.8 Å². The minimum absolute atomic E-state index is 0.145. The Kier molecular flexibility index (Phi) is 13.5.